The first-order chi connectivity index (χ1) is 7.29. The molecule has 15 heavy (non-hydrogen) atoms. The van der Waals surface area contributed by atoms with E-state index in [9.17, 15) is 0 Å². The first-order valence-electron chi connectivity index (χ1n) is 4.81. The summed E-state index contributed by atoms with van der Waals surface area (Å²) in [6.07, 6.45) is 2.02. The molecule has 0 saturated carbocycles. The minimum Gasteiger partial charge on any atom is -0.342 e. The number of hydrogen-bond acceptors (Lipinski definition) is 4. The molecule has 0 bridgehead atoms. The second-order valence-electron chi connectivity index (χ2n) is 3.35. The van der Waals surface area contributed by atoms with Gasteiger partial charge in [-0.25, -0.2) is 0 Å². The van der Waals surface area contributed by atoms with Gasteiger partial charge in [0.2, 0.25) is 0 Å². The maximum atomic E-state index is 4.14. The molecule has 0 spiro atoms. The number of tetrazole rings is 1. The van der Waals surface area contributed by atoms with E-state index in [4.69, 9.17) is 0 Å². The lowest BCUT2D eigenvalue weighted by Gasteiger charge is -2.05. The van der Waals surface area contributed by atoms with E-state index in [2.05, 4.69) is 31.4 Å². The lowest BCUT2D eigenvalue weighted by molar-refractivity contribution is 0.622. The molecule has 0 amide bonds. The molecule has 6 heteroatoms. The SMILES string of the molecule is CNCc1cccn1Cc1nnn(C)n1. The molecule has 1 N–H and O–H groups in total. The van der Waals surface area contributed by atoms with Crippen LogP contribution in [0.1, 0.15) is 11.5 Å². The van der Waals surface area contributed by atoms with Gasteiger partial charge in [0.05, 0.1) is 13.6 Å². The van der Waals surface area contributed by atoms with Gasteiger partial charge in [0, 0.05) is 18.4 Å². The summed E-state index contributed by atoms with van der Waals surface area (Å²) in [6, 6.07) is 4.09. The number of nitrogens with zero attached hydrogens (tertiary/aromatic N) is 5. The third-order valence-electron chi connectivity index (χ3n) is 2.14. The van der Waals surface area contributed by atoms with Gasteiger partial charge in [0.25, 0.3) is 0 Å². The minimum absolute atomic E-state index is 0.665. The first kappa shape index (κ1) is 9.85. The predicted molar refractivity (Wildman–Crippen MR) is 55.1 cm³/mol. The van der Waals surface area contributed by atoms with E-state index in [0.29, 0.717) is 6.54 Å². The third kappa shape index (κ3) is 2.21. The van der Waals surface area contributed by atoms with Crippen LogP contribution >= 0.6 is 0 Å². The van der Waals surface area contributed by atoms with Gasteiger partial charge in [-0.1, -0.05) is 0 Å². The standard InChI is InChI=1S/C9H14N6/c1-10-6-8-4-3-5-15(8)7-9-11-13-14(2)12-9/h3-5,10H,6-7H2,1-2H3. The van der Waals surface area contributed by atoms with Crippen molar-refractivity contribution < 1.29 is 0 Å². The lowest BCUT2D eigenvalue weighted by Crippen LogP contribution is -2.12. The Hall–Kier alpha value is -1.69. The third-order valence-corrected chi connectivity index (χ3v) is 2.14. The molecule has 0 aromatic carbocycles. The number of aromatic nitrogens is 5. The van der Waals surface area contributed by atoms with E-state index < -0.39 is 0 Å². The molecule has 80 valence electrons. The maximum absolute atomic E-state index is 4.14. The maximum Gasteiger partial charge on any atom is 0.194 e. The average molecular weight is 206 g/mol. The highest BCUT2D eigenvalue weighted by atomic mass is 15.6. The van der Waals surface area contributed by atoms with Crippen molar-refractivity contribution in [1.82, 2.24) is 30.1 Å². The topological polar surface area (TPSA) is 60.6 Å². The van der Waals surface area contributed by atoms with E-state index in [1.165, 1.54) is 10.5 Å². The summed E-state index contributed by atoms with van der Waals surface area (Å²) in [5.74, 6) is 0.728. The van der Waals surface area contributed by atoms with Gasteiger partial charge >= 0.3 is 0 Å². The van der Waals surface area contributed by atoms with Crippen molar-refractivity contribution in [2.24, 2.45) is 7.05 Å². The van der Waals surface area contributed by atoms with Crippen LogP contribution in [0.3, 0.4) is 0 Å². The molecule has 0 fully saturated rings. The van der Waals surface area contributed by atoms with Crippen molar-refractivity contribution in [2.45, 2.75) is 13.1 Å². The zero-order valence-corrected chi connectivity index (χ0v) is 8.88. The van der Waals surface area contributed by atoms with Crippen molar-refractivity contribution in [2.75, 3.05) is 7.05 Å². The van der Waals surface area contributed by atoms with Gasteiger partial charge in [-0.15, -0.1) is 10.2 Å². The van der Waals surface area contributed by atoms with Crippen LogP contribution < -0.4 is 5.32 Å². The van der Waals surface area contributed by atoms with Crippen LogP contribution in [-0.2, 0) is 20.1 Å². The van der Waals surface area contributed by atoms with E-state index in [0.717, 1.165) is 12.4 Å². The van der Waals surface area contributed by atoms with Crippen LogP contribution in [-0.4, -0.2) is 31.8 Å². The zero-order chi connectivity index (χ0) is 10.7. The molecule has 0 atom stereocenters. The Morgan fingerprint density at radius 2 is 2.33 bits per heavy atom. The van der Waals surface area contributed by atoms with E-state index in [-0.39, 0.29) is 0 Å². The Labute approximate surface area is 87.9 Å². The van der Waals surface area contributed by atoms with Gasteiger partial charge in [-0.05, 0) is 24.4 Å². The summed E-state index contributed by atoms with van der Waals surface area (Å²) in [6.45, 7) is 1.51. The predicted octanol–water partition coefficient (Wildman–Crippen LogP) is -0.221. The van der Waals surface area contributed by atoms with Crippen LogP contribution in [0.15, 0.2) is 18.3 Å². The van der Waals surface area contributed by atoms with Crippen molar-refractivity contribution >= 4 is 0 Å². The highest BCUT2D eigenvalue weighted by molar-refractivity contribution is 5.08. The fourth-order valence-electron chi connectivity index (χ4n) is 1.48. The summed E-state index contributed by atoms with van der Waals surface area (Å²) < 4.78 is 2.10. The minimum atomic E-state index is 0.665. The Kier molecular flexibility index (Phi) is 2.77. The van der Waals surface area contributed by atoms with Crippen molar-refractivity contribution in [1.29, 1.82) is 0 Å². The van der Waals surface area contributed by atoms with E-state index >= 15 is 0 Å². The highest BCUT2D eigenvalue weighted by Crippen LogP contribution is 2.03. The number of hydrogen-bond donors (Lipinski definition) is 1. The van der Waals surface area contributed by atoms with Gasteiger partial charge in [0.15, 0.2) is 5.82 Å². The number of nitrogens with one attached hydrogen (secondary N) is 1. The number of rotatable bonds is 4. The fourth-order valence-corrected chi connectivity index (χ4v) is 1.48. The van der Waals surface area contributed by atoms with Crippen LogP contribution in [0.25, 0.3) is 0 Å². The molecule has 2 rings (SSSR count). The molecule has 0 unspecified atom stereocenters. The molecule has 2 heterocycles. The van der Waals surface area contributed by atoms with Gasteiger partial charge < -0.3 is 9.88 Å². The first-order valence-corrected chi connectivity index (χ1v) is 4.81. The molecular formula is C9H14N6. The Morgan fingerprint density at radius 1 is 1.47 bits per heavy atom. The second kappa shape index (κ2) is 4.22. The van der Waals surface area contributed by atoms with Gasteiger partial charge in [-0.2, -0.15) is 4.80 Å². The second-order valence-corrected chi connectivity index (χ2v) is 3.35. The number of aryl methyl sites for hydroxylation is 1. The summed E-state index contributed by atoms with van der Waals surface area (Å²) >= 11 is 0. The Bertz CT molecular complexity index is 429. The molecule has 6 nitrogen and oxygen atoms in total. The molecule has 0 aliphatic rings. The van der Waals surface area contributed by atoms with E-state index in [1.54, 1.807) is 7.05 Å². The van der Waals surface area contributed by atoms with E-state index in [1.807, 2.05) is 19.3 Å². The normalized spacial score (nSPS) is 10.8. The van der Waals surface area contributed by atoms with Gasteiger partial charge in [-0.3, -0.25) is 0 Å². The van der Waals surface area contributed by atoms with Gasteiger partial charge in [0.1, 0.15) is 0 Å². The molecule has 0 aliphatic carbocycles. The summed E-state index contributed by atoms with van der Waals surface area (Å²) in [5, 5.41) is 15.0. The van der Waals surface area contributed by atoms with Crippen LogP contribution in [0.5, 0.6) is 0 Å². The lowest BCUT2D eigenvalue weighted by atomic mass is 10.4. The van der Waals surface area contributed by atoms with Crippen LogP contribution in [0.2, 0.25) is 0 Å². The molecule has 0 aliphatic heterocycles. The highest BCUT2D eigenvalue weighted by Gasteiger charge is 2.04. The van der Waals surface area contributed by atoms with Crippen molar-refractivity contribution in [3.63, 3.8) is 0 Å². The average Bonchev–Trinajstić information content (AvgIpc) is 2.78. The molecule has 0 radical (unpaired) electrons. The molecular weight excluding hydrogens is 192 g/mol. The zero-order valence-electron chi connectivity index (χ0n) is 8.88. The summed E-state index contributed by atoms with van der Waals surface area (Å²) in [5.41, 5.74) is 1.21. The van der Waals surface area contributed by atoms with Crippen LogP contribution in [0, 0.1) is 0 Å². The van der Waals surface area contributed by atoms with Crippen molar-refractivity contribution in [3.05, 3.63) is 29.8 Å². The van der Waals surface area contributed by atoms with Crippen molar-refractivity contribution in [3.8, 4) is 0 Å². The quantitative estimate of drug-likeness (QED) is 0.751. The monoisotopic (exact) mass is 206 g/mol. The summed E-state index contributed by atoms with van der Waals surface area (Å²) in [4.78, 5) is 1.47. The molecule has 0 saturated heterocycles. The Balaban J connectivity index is 2.13. The molecule has 2 aromatic rings. The molecule has 2 aromatic heterocycles. The smallest absolute Gasteiger partial charge is 0.194 e. The fraction of sp³-hybridized carbons (Fsp3) is 0.444. The summed E-state index contributed by atoms with van der Waals surface area (Å²) in [7, 11) is 3.69. The largest absolute Gasteiger partial charge is 0.342 e. The Morgan fingerprint density at radius 3 is 3.00 bits per heavy atom. The van der Waals surface area contributed by atoms with Crippen LogP contribution in [0.4, 0.5) is 0 Å².